The molecule has 0 aromatic carbocycles. The quantitative estimate of drug-likeness (QED) is 0.394. The van der Waals surface area contributed by atoms with Gasteiger partial charge in [0.15, 0.2) is 0 Å². The van der Waals surface area contributed by atoms with Gasteiger partial charge in [0.05, 0.1) is 44.5 Å². The molecule has 37 heavy (non-hydrogen) atoms. The summed E-state index contributed by atoms with van der Waals surface area (Å²) < 4.78 is 17.6. The van der Waals surface area contributed by atoms with Crippen molar-refractivity contribution in [1.82, 2.24) is 14.7 Å². The number of aliphatic hydroxyl groups is 1. The first kappa shape index (κ1) is 26.3. The number of morpholine rings is 1. The molecule has 5 aliphatic heterocycles. The molecule has 0 bridgehead atoms. The summed E-state index contributed by atoms with van der Waals surface area (Å²) in [7, 11) is 0. The van der Waals surface area contributed by atoms with Crippen LogP contribution < -0.4 is 0 Å². The first-order valence-corrected chi connectivity index (χ1v) is 13.6. The molecule has 2 amide bonds. The lowest BCUT2D eigenvalue weighted by Gasteiger charge is -2.40. The van der Waals surface area contributed by atoms with Gasteiger partial charge in [-0.05, 0) is 18.8 Å². The van der Waals surface area contributed by atoms with Crippen molar-refractivity contribution in [2.45, 2.75) is 50.5 Å². The molecule has 10 nitrogen and oxygen atoms in total. The van der Waals surface area contributed by atoms with E-state index in [2.05, 4.69) is 4.90 Å². The van der Waals surface area contributed by atoms with E-state index in [1.807, 2.05) is 38.2 Å². The van der Waals surface area contributed by atoms with Crippen LogP contribution in [0.1, 0.15) is 26.7 Å². The van der Waals surface area contributed by atoms with E-state index in [4.69, 9.17) is 14.2 Å². The standard InChI is InChI=1S/C27H39N3O7/c1-18(2)19(17-31)30-23-25(33)29(11-10-28-12-15-35-16-13-28)9-6-8-27(23)22(24(30)32)21-20(37-27)7-4-3-5-14-36-26(21)34/h4,6-8,18-23,31H,3,5,9-17H2,1-2H3/b7-4-/t19-,20+,21-,22-,23?,27-/m0/s1. The number of nitrogens with zero attached hydrogens (tertiary/aromatic N) is 3. The summed E-state index contributed by atoms with van der Waals surface area (Å²) in [4.78, 5) is 47.3. The first-order chi connectivity index (χ1) is 17.9. The van der Waals surface area contributed by atoms with Gasteiger partial charge in [-0.3, -0.25) is 19.3 Å². The first-order valence-electron chi connectivity index (χ1n) is 13.6. The fourth-order valence-electron chi connectivity index (χ4n) is 6.51. The number of cyclic esters (lactones) is 1. The molecule has 204 valence electrons. The summed E-state index contributed by atoms with van der Waals surface area (Å²) in [5.41, 5.74) is -1.30. The fourth-order valence-corrected chi connectivity index (χ4v) is 6.51. The van der Waals surface area contributed by atoms with Crippen LogP contribution >= 0.6 is 0 Å². The number of carbonyl (C=O) groups excluding carboxylic acids is 3. The molecule has 5 rings (SSSR count). The van der Waals surface area contributed by atoms with Crippen LogP contribution in [0.3, 0.4) is 0 Å². The van der Waals surface area contributed by atoms with Crippen LogP contribution in [-0.2, 0) is 28.6 Å². The largest absolute Gasteiger partial charge is 0.465 e. The molecule has 10 heteroatoms. The van der Waals surface area contributed by atoms with Gasteiger partial charge in [-0.15, -0.1) is 0 Å². The molecular formula is C27H39N3O7. The molecule has 0 aromatic heterocycles. The average Bonchev–Trinajstić information content (AvgIpc) is 3.30. The Bertz CT molecular complexity index is 946. The topological polar surface area (TPSA) is 109 Å². The third-order valence-electron chi connectivity index (χ3n) is 8.48. The van der Waals surface area contributed by atoms with Crippen LogP contribution in [0, 0.1) is 17.8 Å². The summed E-state index contributed by atoms with van der Waals surface area (Å²) in [6, 6.07) is -1.55. The summed E-state index contributed by atoms with van der Waals surface area (Å²) in [6.45, 7) is 8.42. The summed E-state index contributed by atoms with van der Waals surface area (Å²) in [6.07, 6.45) is 8.34. The summed E-state index contributed by atoms with van der Waals surface area (Å²) >= 11 is 0. The lowest BCUT2D eigenvalue weighted by molar-refractivity contribution is -0.156. The SMILES string of the molecule is CC(C)[C@H](CO)N1C(=O)[C@@H]2[C@H]3C(=O)OCCC/C=C\[C@H]3O[C@@]23C=CCN(CCN2CCOCC2)C(=O)C13. The number of hydrogen-bond acceptors (Lipinski definition) is 8. The molecule has 1 unspecified atom stereocenters. The highest BCUT2D eigenvalue weighted by Gasteiger charge is 2.72. The van der Waals surface area contributed by atoms with Crippen molar-refractivity contribution in [1.29, 1.82) is 0 Å². The van der Waals surface area contributed by atoms with Crippen LogP contribution in [0.2, 0.25) is 0 Å². The van der Waals surface area contributed by atoms with Gasteiger partial charge >= 0.3 is 5.97 Å². The molecule has 0 saturated carbocycles. The Labute approximate surface area is 218 Å². The minimum absolute atomic E-state index is 0.102. The smallest absolute Gasteiger partial charge is 0.312 e. The number of fused-ring (bicyclic) bond motifs is 2. The number of hydrogen-bond donors (Lipinski definition) is 1. The van der Waals surface area contributed by atoms with Gasteiger partial charge in [0.2, 0.25) is 11.8 Å². The van der Waals surface area contributed by atoms with Gasteiger partial charge < -0.3 is 29.1 Å². The summed E-state index contributed by atoms with van der Waals surface area (Å²) in [5, 5.41) is 10.3. The third kappa shape index (κ3) is 4.62. The van der Waals surface area contributed by atoms with Crippen molar-refractivity contribution in [3.8, 4) is 0 Å². The lowest BCUT2D eigenvalue weighted by atomic mass is 9.78. The van der Waals surface area contributed by atoms with Gasteiger partial charge in [-0.2, -0.15) is 0 Å². The Morgan fingerprint density at radius 1 is 1.08 bits per heavy atom. The molecule has 6 atom stereocenters. The lowest BCUT2D eigenvalue weighted by Crippen LogP contribution is -2.59. The van der Waals surface area contributed by atoms with E-state index in [1.54, 1.807) is 4.90 Å². The number of allylic oxidation sites excluding steroid dienone is 1. The van der Waals surface area contributed by atoms with Crippen molar-refractivity contribution in [3.63, 3.8) is 0 Å². The van der Waals surface area contributed by atoms with Gasteiger partial charge in [0, 0.05) is 32.7 Å². The monoisotopic (exact) mass is 517 g/mol. The van der Waals surface area contributed by atoms with Gasteiger partial charge in [0.25, 0.3) is 0 Å². The van der Waals surface area contributed by atoms with Gasteiger partial charge in [-0.25, -0.2) is 0 Å². The normalized spacial score (nSPS) is 36.3. The molecule has 0 aromatic rings. The Morgan fingerprint density at radius 2 is 1.86 bits per heavy atom. The number of likely N-dealkylation sites (tertiary alicyclic amines) is 1. The maximum Gasteiger partial charge on any atom is 0.312 e. The van der Waals surface area contributed by atoms with Crippen molar-refractivity contribution in [2.24, 2.45) is 17.8 Å². The predicted octanol–water partition coefficient (Wildman–Crippen LogP) is 0.208. The molecule has 3 saturated heterocycles. The Balaban J connectivity index is 1.52. The fraction of sp³-hybridized carbons (Fsp3) is 0.741. The van der Waals surface area contributed by atoms with E-state index >= 15 is 0 Å². The molecule has 3 fully saturated rings. The molecule has 0 aliphatic carbocycles. The predicted molar refractivity (Wildman–Crippen MR) is 133 cm³/mol. The van der Waals surface area contributed by atoms with Gasteiger partial charge in [-0.1, -0.05) is 38.2 Å². The zero-order chi connectivity index (χ0) is 26.2. The van der Waals surface area contributed by atoms with E-state index in [0.29, 0.717) is 39.3 Å². The molecular weight excluding hydrogens is 478 g/mol. The Kier molecular flexibility index (Phi) is 7.72. The minimum Gasteiger partial charge on any atom is -0.465 e. The number of esters is 1. The van der Waals surface area contributed by atoms with Gasteiger partial charge in [0.1, 0.15) is 17.6 Å². The second-order valence-electron chi connectivity index (χ2n) is 11.0. The van der Waals surface area contributed by atoms with Crippen LogP contribution in [0.5, 0.6) is 0 Å². The van der Waals surface area contributed by atoms with Crippen molar-refractivity contribution < 1.29 is 33.7 Å². The van der Waals surface area contributed by atoms with E-state index in [0.717, 1.165) is 19.5 Å². The Morgan fingerprint density at radius 3 is 2.59 bits per heavy atom. The number of amides is 2. The number of ether oxygens (including phenoxy) is 3. The van der Waals surface area contributed by atoms with Crippen LogP contribution in [0.25, 0.3) is 0 Å². The molecule has 5 aliphatic rings. The molecule has 5 heterocycles. The second kappa shape index (κ2) is 10.8. The van der Waals surface area contributed by atoms with E-state index < -0.39 is 41.6 Å². The van der Waals surface area contributed by atoms with Crippen molar-refractivity contribution >= 4 is 17.8 Å². The maximum atomic E-state index is 14.3. The van der Waals surface area contributed by atoms with Crippen LogP contribution in [-0.4, -0.2) is 121 Å². The number of carbonyl (C=O) groups is 3. The maximum absolute atomic E-state index is 14.3. The number of rotatable bonds is 6. The molecule has 1 spiro atoms. The summed E-state index contributed by atoms with van der Waals surface area (Å²) in [5.74, 6) is -2.86. The van der Waals surface area contributed by atoms with E-state index in [1.165, 1.54) is 4.90 Å². The van der Waals surface area contributed by atoms with Crippen LogP contribution in [0.15, 0.2) is 24.3 Å². The Hall–Kier alpha value is -2.27. The third-order valence-corrected chi connectivity index (χ3v) is 8.48. The highest BCUT2D eigenvalue weighted by molar-refractivity contribution is 5.99. The zero-order valence-corrected chi connectivity index (χ0v) is 21.8. The average molecular weight is 518 g/mol. The molecule has 0 radical (unpaired) electrons. The van der Waals surface area contributed by atoms with Crippen molar-refractivity contribution in [2.75, 3.05) is 59.2 Å². The highest BCUT2D eigenvalue weighted by atomic mass is 16.6. The molecule has 1 N–H and O–H groups in total. The second-order valence-corrected chi connectivity index (χ2v) is 11.0. The zero-order valence-electron chi connectivity index (χ0n) is 21.8. The van der Waals surface area contributed by atoms with E-state index in [-0.39, 0.29) is 30.9 Å². The van der Waals surface area contributed by atoms with Crippen LogP contribution in [0.4, 0.5) is 0 Å². The minimum atomic E-state index is -1.30. The van der Waals surface area contributed by atoms with E-state index in [9.17, 15) is 19.5 Å². The number of aliphatic hydroxyl groups excluding tert-OH is 1. The van der Waals surface area contributed by atoms with Crippen molar-refractivity contribution in [3.05, 3.63) is 24.3 Å². The highest BCUT2D eigenvalue weighted by Crippen LogP contribution is 2.54.